The zero-order chi connectivity index (χ0) is 31.8. The Morgan fingerprint density at radius 3 is 1.60 bits per heavy atom. The fraction of sp³-hybridized carbons (Fsp3) is 0.158. The SMILES string of the molecule is CN=Nc1ccc(-c2ccc(N=Nc3c(C)cc4cc(Nc5ccc6c(O)c(C)c(C)cc6c5)ccc4c3O)c(C)c2)cc1C. The fourth-order valence-corrected chi connectivity index (χ4v) is 5.70. The molecule has 0 fully saturated rings. The van der Waals surface area contributed by atoms with E-state index in [1.165, 1.54) is 0 Å². The van der Waals surface area contributed by atoms with Crippen molar-refractivity contribution in [1.29, 1.82) is 0 Å². The van der Waals surface area contributed by atoms with Gasteiger partial charge in [-0.05, 0) is 151 Å². The lowest BCUT2D eigenvalue weighted by Crippen LogP contribution is -1.92. The lowest BCUT2D eigenvalue weighted by molar-refractivity contribution is 0.477. The number of phenolic OH excluding ortho intramolecular Hbond substituents is 2. The average Bonchev–Trinajstić information content (AvgIpc) is 3.01. The van der Waals surface area contributed by atoms with E-state index in [4.69, 9.17) is 0 Å². The van der Waals surface area contributed by atoms with E-state index < -0.39 is 0 Å². The second kappa shape index (κ2) is 11.8. The maximum atomic E-state index is 11.2. The van der Waals surface area contributed by atoms with Gasteiger partial charge in [0.15, 0.2) is 5.75 Å². The molecule has 7 heteroatoms. The van der Waals surface area contributed by atoms with Crippen molar-refractivity contribution in [2.24, 2.45) is 20.5 Å². The van der Waals surface area contributed by atoms with Crippen molar-refractivity contribution in [2.75, 3.05) is 12.4 Å². The van der Waals surface area contributed by atoms with Crippen LogP contribution < -0.4 is 5.32 Å². The number of fused-ring (bicyclic) bond motifs is 2. The number of rotatable bonds is 6. The molecule has 6 aromatic rings. The first-order chi connectivity index (χ1) is 21.6. The van der Waals surface area contributed by atoms with Gasteiger partial charge in [-0.1, -0.05) is 18.2 Å². The number of aryl methyl sites for hydroxylation is 4. The molecule has 0 radical (unpaired) electrons. The van der Waals surface area contributed by atoms with Crippen molar-refractivity contribution in [2.45, 2.75) is 34.6 Å². The predicted molar refractivity (Wildman–Crippen MR) is 185 cm³/mol. The molecule has 0 aliphatic carbocycles. The van der Waals surface area contributed by atoms with Crippen LogP contribution in [-0.2, 0) is 0 Å². The highest BCUT2D eigenvalue weighted by molar-refractivity contribution is 5.97. The maximum absolute atomic E-state index is 11.2. The molecule has 0 bridgehead atoms. The number of anilines is 2. The first-order valence-corrected chi connectivity index (χ1v) is 14.8. The highest BCUT2D eigenvalue weighted by Crippen LogP contribution is 2.41. The number of benzene rings is 6. The monoisotopic (exact) mass is 593 g/mol. The predicted octanol–water partition coefficient (Wildman–Crippen LogP) is 11.5. The lowest BCUT2D eigenvalue weighted by atomic mass is 10.00. The Bertz CT molecular complexity index is 2180. The summed E-state index contributed by atoms with van der Waals surface area (Å²) in [6, 6.07) is 28.0. The molecule has 0 amide bonds. The number of azo groups is 2. The topological polar surface area (TPSA) is 102 Å². The van der Waals surface area contributed by atoms with Crippen LogP contribution in [0, 0.1) is 34.6 Å². The van der Waals surface area contributed by atoms with Crippen molar-refractivity contribution in [1.82, 2.24) is 0 Å². The van der Waals surface area contributed by atoms with Crippen LogP contribution in [0.2, 0.25) is 0 Å². The molecule has 0 saturated heterocycles. The van der Waals surface area contributed by atoms with Gasteiger partial charge in [0, 0.05) is 29.2 Å². The lowest BCUT2D eigenvalue weighted by Gasteiger charge is -2.13. The zero-order valence-corrected chi connectivity index (χ0v) is 26.3. The fourth-order valence-electron chi connectivity index (χ4n) is 5.70. The van der Waals surface area contributed by atoms with E-state index in [1.54, 1.807) is 7.05 Å². The van der Waals surface area contributed by atoms with Crippen LogP contribution in [0.3, 0.4) is 0 Å². The molecular weight excluding hydrogens is 558 g/mol. The van der Waals surface area contributed by atoms with Crippen LogP contribution in [0.5, 0.6) is 11.5 Å². The van der Waals surface area contributed by atoms with Crippen LogP contribution in [0.4, 0.5) is 28.4 Å². The molecule has 0 spiro atoms. The summed E-state index contributed by atoms with van der Waals surface area (Å²) >= 11 is 0. The minimum atomic E-state index is 0.0985. The van der Waals surface area contributed by atoms with Crippen LogP contribution >= 0.6 is 0 Å². The van der Waals surface area contributed by atoms with E-state index in [0.717, 1.165) is 77.9 Å². The summed E-state index contributed by atoms with van der Waals surface area (Å²) in [6.45, 7) is 9.89. The summed E-state index contributed by atoms with van der Waals surface area (Å²) in [5.41, 5.74) is 10.8. The van der Waals surface area contributed by atoms with Gasteiger partial charge in [0.25, 0.3) is 0 Å². The molecular formula is C38H35N5O2. The second-order valence-electron chi connectivity index (χ2n) is 11.6. The Morgan fingerprint density at radius 1 is 0.511 bits per heavy atom. The standard InChI is InChI=1S/C38H35N5O2/c1-21-15-28-19-30(9-11-32(28)37(44)25(21)5)40-31-10-12-33-29(20-31)18-24(4)36(38(33)45)43-42-35-14-8-27(17-23(35)3)26-7-13-34(41-39-6)22(2)16-26/h7-20,40,44-45H,1-6H3. The summed E-state index contributed by atoms with van der Waals surface area (Å²) in [5, 5.41) is 45.7. The molecule has 224 valence electrons. The van der Waals surface area contributed by atoms with Crippen LogP contribution in [0.1, 0.15) is 27.8 Å². The van der Waals surface area contributed by atoms with E-state index >= 15 is 0 Å². The first kappa shape index (κ1) is 29.5. The first-order valence-electron chi connectivity index (χ1n) is 14.8. The van der Waals surface area contributed by atoms with Crippen LogP contribution in [-0.4, -0.2) is 17.3 Å². The third-order valence-electron chi connectivity index (χ3n) is 8.38. The van der Waals surface area contributed by atoms with Crippen molar-refractivity contribution in [3.63, 3.8) is 0 Å². The van der Waals surface area contributed by atoms with Gasteiger partial charge in [-0.25, -0.2) is 0 Å². The Kier molecular flexibility index (Phi) is 7.77. The Balaban J connectivity index is 1.25. The number of aromatic hydroxyl groups is 2. The van der Waals surface area contributed by atoms with E-state index in [1.807, 2.05) is 101 Å². The minimum absolute atomic E-state index is 0.0985. The molecule has 0 aliphatic heterocycles. The number of nitrogens with one attached hydrogen (secondary N) is 1. The molecule has 6 rings (SSSR count). The van der Waals surface area contributed by atoms with Crippen molar-refractivity contribution >= 4 is 50.0 Å². The van der Waals surface area contributed by atoms with Gasteiger partial charge in [-0.3, -0.25) is 0 Å². The summed E-state index contributed by atoms with van der Waals surface area (Å²) < 4.78 is 0. The third kappa shape index (κ3) is 5.72. The largest absolute Gasteiger partial charge is 0.507 e. The number of hydrogen-bond donors (Lipinski definition) is 3. The molecule has 0 saturated carbocycles. The van der Waals surface area contributed by atoms with Crippen molar-refractivity contribution in [3.8, 4) is 22.6 Å². The summed E-state index contributed by atoms with van der Waals surface area (Å²) in [7, 11) is 1.67. The molecule has 0 atom stereocenters. The third-order valence-corrected chi connectivity index (χ3v) is 8.38. The highest BCUT2D eigenvalue weighted by Gasteiger charge is 2.13. The van der Waals surface area contributed by atoms with Gasteiger partial charge in [-0.15, -0.1) is 5.11 Å². The normalized spacial score (nSPS) is 11.8. The Hall–Kier alpha value is -5.56. The molecule has 0 heterocycles. The molecule has 0 unspecified atom stereocenters. The highest BCUT2D eigenvalue weighted by atomic mass is 16.3. The summed E-state index contributed by atoms with van der Waals surface area (Å²) in [6.07, 6.45) is 0. The van der Waals surface area contributed by atoms with E-state index in [-0.39, 0.29) is 5.75 Å². The Labute approximate surface area is 262 Å². The maximum Gasteiger partial charge on any atom is 0.151 e. The van der Waals surface area contributed by atoms with Gasteiger partial charge >= 0.3 is 0 Å². The van der Waals surface area contributed by atoms with Gasteiger partial charge in [0.2, 0.25) is 0 Å². The number of phenols is 2. The van der Waals surface area contributed by atoms with Crippen LogP contribution in [0.15, 0.2) is 105 Å². The van der Waals surface area contributed by atoms with Gasteiger partial charge in [0.05, 0.1) is 11.4 Å². The minimum Gasteiger partial charge on any atom is -0.507 e. The van der Waals surface area contributed by atoms with Gasteiger partial charge < -0.3 is 15.5 Å². The quantitative estimate of drug-likeness (QED) is 0.167. The average molecular weight is 594 g/mol. The molecule has 45 heavy (non-hydrogen) atoms. The van der Waals surface area contributed by atoms with E-state index in [0.29, 0.717) is 16.8 Å². The molecule has 7 nitrogen and oxygen atoms in total. The second-order valence-corrected chi connectivity index (χ2v) is 11.6. The van der Waals surface area contributed by atoms with Gasteiger partial charge in [0.1, 0.15) is 11.4 Å². The van der Waals surface area contributed by atoms with E-state index in [9.17, 15) is 10.2 Å². The number of nitrogens with zero attached hydrogens (tertiary/aromatic N) is 4. The molecule has 0 aliphatic rings. The Morgan fingerprint density at radius 2 is 1.04 bits per heavy atom. The van der Waals surface area contributed by atoms with Crippen molar-refractivity contribution < 1.29 is 10.2 Å². The van der Waals surface area contributed by atoms with Gasteiger partial charge in [-0.2, -0.15) is 15.3 Å². The number of hydrogen-bond acceptors (Lipinski definition) is 7. The van der Waals surface area contributed by atoms with Crippen molar-refractivity contribution in [3.05, 3.63) is 113 Å². The van der Waals surface area contributed by atoms with Crippen LogP contribution in [0.25, 0.3) is 32.7 Å². The van der Waals surface area contributed by atoms with E-state index in [2.05, 4.69) is 44.0 Å². The summed E-state index contributed by atoms with van der Waals surface area (Å²) in [5.74, 6) is 0.423. The summed E-state index contributed by atoms with van der Waals surface area (Å²) in [4.78, 5) is 0. The molecule has 6 aromatic carbocycles. The molecule has 0 aromatic heterocycles. The molecule has 3 N–H and O–H groups in total. The smallest absolute Gasteiger partial charge is 0.151 e. The zero-order valence-electron chi connectivity index (χ0n) is 26.3.